The highest BCUT2D eigenvalue weighted by Crippen LogP contribution is 2.47. The van der Waals surface area contributed by atoms with Gasteiger partial charge in [-0.05, 0) is 194 Å². The van der Waals surface area contributed by atoms with Gasteiger partial charge in [0.2, 0.25) is 0 Å². The van der Waals surface area contributed by atoms with Crippen LogP contribution in [0, 0.1) is 17.8 Å². The van der Waals surface area contributed by atoms with E-state index in [0.717, 1.165) is 77.0 Å². The second-order valence-electron chi connectivity index (χ2n) is 28.3. The molecular weight excluding hydrogens is 1360 g/mol. The Balaban J connectivity index is 0.000000238. The van der Waals surface area contributed by atoms with Gasteiger partial charge in [0.1, 0.15) is 33.4 Å². The molecule has 2 heterocycles. The zero-order valence-corrected chi connectivity index (χ0v) is 61.3. The summed E-state index contributed by atoms with van der Waals surface area (Å²) in [5.74, 6) is -4.92. The molecule has 8 rings (SSSR count). The molecule has 3 fully saturated rings. The van der Waals surface area contributed by atoms with E-state index >= 15 is 0 Å². The molecule has 3 aromatic carbocycles. The number of allylic oxidation sites excluding steroid dienone is 3. The van der Waals surface area contributed by atoms with Gasteiger partial charge in [-0.25, -0.2) is 53.8 Å². The van der Waals surface area contributed by atoms with Crippen LogP contribution >= 0.6 is 0 Å². The van der Waals surface area contributed by atoms with Crippen LogP contribution in [0.4, 0.5) is 14.4 Å². The second-order valence-corrected chi connectivity index (χ2v) is 33.4. The number of carbonyl (C=O) groups is 9. The standard InChI is InChI=1S/C25H35N3O6S.2C23H31N3O6S/c1-6-8-9-10-11-15-26-21(29)18-13-12-14-20(16-18)35(32,33)28-22(30)25(17-19(25)7-2)27-23(31)34-24(3,4)5;2*1-22(2,3)32-21(29)25-23-15-17(23)11-7-5-4-6-8-13-24-19(27)16-10-9-12-18(14-16)33(30,31)26-20(23)28/h6-7,12-14,16,19H,1-2,8-11,15,17H2,3-5H3,(H,26,29)(H,27,31)(H,28,30);2*7,9-12,14,17H,4-6,8,13,15H2,1-3H3,(H,24,27)(H,25,29)(H,26,28)/b;11-7+;11-7-/t19-,25-;2*17-,23-/m111/s1. The summed E-state index contributed by atoms with van der Waals surface area (Å²) in [5, 5.41) is 16.0. The number of ether oxygens (including phenoxy) is 3. The molecule has 9 N–H and O–H groups in total. The van der Waals surface area contributed by atoms with Gasteiger partial charge < -0.3 is 46.1 Å². The number of rotatable bonds is 14. The van der Waals surface area contributed by atoms with Gasteiger partial charge in [-0.15, -0.1) is 13.2 Å². The molecular formula is C71H97N9O18S3. The van der Waals surface area contributed by atoms with Crippen LogP contribution in [-0.2, 0) is 58.7 Å². The third kappa shape index (κ3) is 24.1. The second kappa shape index (κ2) is 34.2. The Morgan fingerprint density at radius 2 is 1.04 bits per heavy atom. The van der Waals surface area contributed by atoms with Gasteiger partial charge in [0.15, 0.2) is 0 Å². The van der Waals surface area contributed by atoms with Crippen LogP contribution in [0.1, 0.15) is 190 Å². The molecule has 101 heavy (non-hydrogen) atoms. The molecule has 0 saturated heterocycles. The summed E-state index contributed by atoms with van der Waals surface area (Å²) in [5.41, 5.74) is -6.14. The molecule has 6 atom stereocenters. The van der Waals surface area contributed by atoms with Gasteiger partial charge in [-0.1, -0.05) is 73.9 Å². The number of hydrogen-bond acceptors (Lipinski definition) is 18. The maximum Gasteiger partial charge on any atom is 0.408 e. The number of fused-ring (bicyclic) bond motifs is 6. The molecule has 0 radical (unpaired) electrons. The summed E-state index contributed by atoms with van der Waals surface area (Å²) < 4.78 is 99.5. The minimum absolute atomic E-state index is 0.156. The lowest BCUT2D eigenvalue weighted by molar-refractivity contribution is -0.123. The van der Waals surface area contributed by atoms with Crippen LogP contribution in [-0.4, -0.2) is 132 Å². The summed E-state index contributed by atoms with van der Waals surface area (Å²) >= 11 is 0. The van der Waals surface area contributed by atoms with Crippen LogP contribution in [0.5, 0.6) is 0 Å². The van der Waals surface area contributed by atoms with Gasteiger partial charge in [-0.2, -0.15) is 0 Å². The molecule has 0 spiro atoms. The Kier molecular flexibility index (Phi) is 27.4. The minimum atomic E-state index is -4.31. The molecule has 552 valence electrons. The van der Waals surface area contributed by atoms with E-state index in [4.69, 9.17) is 14.2 Å². The van der Waals surface area contributed by atoms with Crippen LogP contribution in [0.3, 0.4) is 0 Å². The molecule has 0 aromatic heterocycles. The molecule has 0 unspecified atom stereocenters. The highest BCUT2D eigenvalue weighted by molar-refractivity contribution is 7.90. The number of alkyl carbamates (subject to hydrolysis) is 3. The number of nitrogens with one attached hydrogen (secondary N) is 9. The van der Waals surface area contributed by atoms with Crippen LogP contribution in [0.2, 0.25) is 0 Å². The van der Waals surface area contributed by atoms with Crippen molar-refractivity contribution >= 4 is 83.8 Å². The Labute approximate surface area is 592 Å². The van der Waals surface area contributed by atoms with E-state index in [2.05, 4.69) is 54.5 Å². The maximum atomic E-state index is 13.1. The third-order valence-corrected chi connectivity index (χ3v) is 20.4. The molecule has 3 saturated carbocycles. The van der Waals surface area contributed by atoms with E-state index in [9.17, 15) is 68.4 Å². The van der Waals surface area contributed by atoms with Gasteiger partial charge in [0.05, 0.1) is 14.7 Å². The van der Waals surface area contributed by atoms with E-state index in [1.165, 1.54) is 78.9 Å². The number of benzene rings is 3. The van der Waals surface area contributed by atoms with Crippen molar-refractivity contribution in [1.29, 1.82) is 0 Å². The van der Waals surface area contributed by atoms with E-state index in [1.54, 1.807) is 62.3 Å². The number of unbranched alkanes of at least 4 members (excludes halogenated alkanes) is 3. The van der Waals surface area contributed by atoms with Crippen molar-refractivity contribution in [3.05, 3.63) is 139 Å². The number of carbonyl (C=O) groups excluding carboxylic acids is 9. The van der Waals surface area contributed by atoms with Gasteiger partial charge in [-0.3, -0.25) is 28.8 Å². The normalized spacial score (nSPS) is 24.0. The zero-order chi connectivity index (χ0) is 74.8. The van der Waals surface area contributed by atoms with Crippen molar-refractivity contribution in [3.8, 4) is 0 Å². The average Bonchev–Trinajstić information content (AvgIpc) is 1.60. The number of amides is 9. The lowest BCUT2D eigenvalue weighted by Crippen LogP contribution is -2.52. The summed E-state index contributed by atoms with van der Waals surface area (Å²) in [6, 6.07) is 16.4. The zero-order valence-electron chi connectivity index (χ0n) is 58.8. The monoisotopic (exact) mass is 1460 g/mol. The Morgan fingerprint density at radius 1 is 0.584 bits per heavy atom. The number of sulfonamides is 3. The fraction of sp³-hybridized carbons (Fsp3) is 0.507. The first kappa shape index (κ1) is 81.1. The highest BCUT2D eigenvalue weighted by atomic mass is 32.2. The van der Waals surface area contributed by atoms with Crippen LogP contribution in [0.15, 0.2) is 137 Å². The van der Waals surface area contributed by atoms with E-state index in [0.29, 0.717) is 19.6 Å². The van der Waals surface area contributed by atoms with Crippen molar-refractivity contribution < 1.29 is 82.6 Å². The smallest absolute Gasteiger partial charge is 0.408 e. The Hall–Kier alpha value is -8.90. The maximum absolute atomic E-state index is 13.1. The molecule has 9 amide bonds. The SMILES string of the molecule is C=CCCCCCNC(=O)c1cccc(S(=O)(=O)NC(=O)[C@@]2(NC(=O)OC(C)(C)C)C[C@H]2C=C)c1.CC(C)(C)OC(=O)N[C@]12C[C@H]1/C=C/CCCCCNC(=O)c1cccc(c1)S(=O)(=O)NC2=O.CC(C)(C)OC(=O)N[C@]12C[C@H]1/C=C\CCCCCNC(=O)c1cccc(c1)S(=O)(=O)NC2=O. The van der Waals surface area contributed by atoms with Gasteiger partial charge in [0, 0.05) is 54.1 Å². The van der Waals surface area contributed by atoms with E-state index in [-0.39, 0.29) is 74.3 Å². The first-order valence-electron chi connectivity index (χ1n) is 33.7. The first-order chi connectivity index (χ1) is 47.2. The number of hydrogen-bond donors (Lipinski definition) is 9. The van der Waals surface area contributed by atoms with Crippen molar-refractivity contribution in [2.45, 2.75) is 207 Å². The predicted octanol–water partition coefficient (Wildman–Crippen LogP) is 8.71. The van der Waals surface area contributed by atoms with E-state index in [1.807, 2.05) is 35.1 Å². The largest absolute Gasteiger partial charge is 0.444 e. The topological polar surface area (TPSA) is 392 Å². The molecule has 5 aliphatic rings. The molecule has 30 heteroatoms. The molecule has 4 bridgehead atoms. The molecule has 3 aliphatic carbocycles. The van der Waals surface area contributed by atoms with Crippen LogP contribution < -0.4 is 46.1 Å². The fourth-order valence-electron chi connectivity index (χ4n) is 10.8. The summed E-state index contributed by atoms with van der Waals surface area (Å²) in [6.45, 7) is 24.0. The minimum Gasteiger partial charge on any atom is -0.444 e. The summed E-state index contributed by atoms with van der Waals surface area (Å²) in [7, 11) is -12.9. The molecule has 2 aliphatic heterocycles. The van der Waals surface area contributed by atoms with Gasteiger partial charge >= 0.3 is 18.3 Å². The van der Waals surface area contributed by atoms with Crippen LogP contribution in [0.25, 0.3) is 0 Å². The average molecular weight is 1460 g/mol. The van der Waals surface area contributed by atoms with Crippen molar-refractivity contribution in [2.75, 3.05) is 19.6 Å². The quantitative estimate of drug-likeness (QED) is 0.0414. The van der Waals surface area contributed by atoms with Crippen molar-refractivity contribution in [2.24, 2.45) is 17.8 Å². The molecule has 27 nitrogen and oxygen atoms in total. The first-order valence-corrected chi connectivity index (χ1v) is 38.1. The summed E-state index contributed by atoms with van der Waals surface area (Å²) in [6.07, 6.45) is 19.6. The Morgan fingerprint density at radius 3 is 1.48 bits per heavy atom. The predicted molar refractivity (Wildman–Crippen MR) is 377 cm³/mol. The Bertz CT molecular complexity index is 3840. The summed E-state index contributed by atoms with van der Waals surface area (Å²) in [4.78, 5) is 113. The highest BCUT2D eigenvalue weighted by Gasteiger charge is 2.63. The fourth-order valence-corrected chi connectivity index (χ4v) is 14.1. The lowest BCUT2D eigenvalue weighted by atomic mass is 10.1. The van der Waals surface area contributed by atoms with Crippen molar-refractivity contribution in [1.82, 2.24) is 46.1 Å². The lowest BCUT2D eigenvalue weighted by Gasteiger charge is -2.23. The van der Waals surface area contributed by atoms with Crippen molar-refractivity contribution in [3.63, 3.8) is 0 Å². The molecule has 3 aromatic rings. The third-order valence-electron chi connectivity index (χ3n) is 16.4. The van der Waals surface area contributed by atoms with Gasteiger partial charge in [0.25, 0.3) is 65.5 Å². The van der Waals surface area contributed by atoms with E-state index < -0.39 is 111 Å².